The fourth-order valence-electron chi connectivity index (χ4n) is 2.34. The molecule has 4 heteroatoms. The van der Waals surface area contributed by atoms with E-state index in [1.54, 1.807) is 6.20 Å². The third-order valence-corrected chi connectivity index (χ3v) is 3.50. The van der Waals surface area contributed by atoms with Crippen molar-refractivity contribution in [1.29, 1.82) is 0 Å². The fourth-order valence-corrected chi connectivity index (χ4v) is 2.48. The van der Waals surface area contributed by atoms with Gasteiger partial charge in [-0.3, -0.25) is 0 Å². The van der Waals surface area contributed by atoms with Gasteiger partial charge >= 0.3 is 0 Å². The Balaban J connectivity index is 2.18. The number of aryl methyl sites for hydroxylation is 1. The largest absolute Gasteiger partial charge is 0.344 e. The van der Waals surface area contributed by atoms with Gasteiger partial charge in [0.2, 0.25) is 5.28 Å². The predicted molar refractivity (Wildman–Crippen MR) is 82.9 cm³/mol. The SMILES string of the molecule is C=CCn1ccc2ccc(-c3nc(Cl)ncc3C)cc21. The van der Waals surface area contributed by atoms with Crippen molar-refractivity contribution in [1.82, 2.24) is 14.5 Å². The van der Waals surface area contributed by atoms with E-state index in [1.807, 2.05) is 13.0 Å². The van der Waals surface area contributed by atoms with Crippen LogP contribution in [0.25, 0.3) is 22.2 Å². The fraction of sp³-hybridized carbons (Fsp3) is 0.125. The van der Waals surface area contributed by atoms with Gasteiger partial charge in [0.25, 0.3) is 0 Å². The molecule has 0 radical (unpaired) electrons. The molecule has 0 aliphatic heterocycles. The molecule has 0 bridgehead atoms. The number of hydrogen-bond acceptors (Lipinski definition) is 2. The number of halogens is 1. The summed E-state index contributed by atoms with van der Waals surface area (Å²) < 4.78 is 2.16. The van der Waals surface area contributed by atoms with Crippen LogP contribution in [0.5, 0.6) is 0 Å². The Morgan fingerprint density at radius 2 is 2.20 bits per heavy atom. The average molecular weight is 284 g/mol. The van der Waals surface area contributed by atoms with Crippen molar-refractivity contribution in [3.8, 4) is 11.3 Å². The molecule has 3 rings (SSSR count). The maximum Gasteiger partial charge on any atom is 0.222 e. The summed E-state index contributed by atoms with van der Waals surface area (Å²) in [4.78, 5) is 8.33. The van der Waals surface area contributed by atoms with Crippen molar-refractivity contribution in [3.05, 3.63) is 60.2 Å². The molecular weight excluding hydrogens is 270 g/mol. The highest BCUT2D eigenvalue weighted by atomic mass is 35.5. The van der Waals surface area contributed by atoms with Gasteiger partial charge in [0.1, 0.15) is 0 Å². The van der Waals surface area contributed by atoms with E-state index in [-0.39, 0.29) is 5.28 Å². The van der Waals surface area contributed by atoms with Crippen LogP contribution in [0.2, 0.25) is 5.28 Å². The lowest BCUT2D eigenvalue weighted by atomic mass is 10.1. The minimum absolute atomic E-state index is 0.271. The van der Waals surface area contributed by atoms with Crippen LogP contribution < -0.4 is 0 Å². The lowest BCUT2D eigenvalue weighted by Crippen LogP contribution is -1.94. The molecule has 3 nitrogen and oxygen atoms in total. The summed E-state index contributed by atoms with van der Waals surface area (Å²) in [5, 5.41) is 1.47. The molecule has 2 aromatic heterocycles. The van der Waals surface area contributed by atoms with Crippen molar-refractivity contribution in [2.24, 2.45) is 0 Å². The zero-order chi connectivity index (χ0) is 14.1. The summed E-state index contributed by atoms with van der Waals surface area (Å²) in [6.45, 7) is 6.56. The van der Waals surface area contributed by atoms with Crippen molar-refractivity contribution in [2.45, 2.75) is 13.5 Å². The Kier molecular flexibility index (Phi) is 3.28. The number of rotatable bonds is 3. The molecule has 0 atom stereocenters. The lowest BCUT2D eigenvalue weighted by Gasteiger charge is -2.07. The van der Waals surface area contributed by atoms with Crippen LogP contribution in [0, 0.1) is 6.92 Å². The second kappa shape index (κ2) is 5.10. The monoisotopic (exact) mass is 283 g/mol. The van der Waals surface area contributed by atoms with Crippen molar-refractivity contribution >= 4 is 22.5 Å². The van der Waals surface area contributed by atoms with Crippen LogP contribution in [0.3, 0.4) is 0 Å². The van der Waals surface area contributed by atoms with Crippen molar-refractivity contribution < 1.29 is 0 Å². The quantitative estimate of drug-likeness (QED) is 0.531. The van der Waals surface area contributed by atoms with Crippen LogP contribution >= 0.6 is 11.6 Å². The number of aromatic nitrogens is 3. The first kappa shape index (κ1) is 12.9. The predicted octanol–water partition coefficient (Wildman–Crippen LogP) is 4.25. The van der Waals surface area contributed by atoms with Gasteiger partial charge in [-0.1, -0.05) is 18.2 Å². The van der Waals surface area contributed by atoms with Gasteiger partial charge < -0.3 is 4.57 Å². The van der Waals surface area contributed by atoms with E-state index in [2.05, 4.69) is 51.6 Å². The Morgan fingerprint density at radius 1 is 1.35 bits per heavy atom. The number of fused-ring (bicyclic) bond motifs is 1. The molecular formula is C16H14ClN3. The Hall–Kier alpha value is -2.13. The first-order valence-electron chi connectivity index (χ1n) is 6.38. The topological polar surface area (TPSA) is 30.7 Å². The van der Waals surface area contributed by atoms with Gasteiger partial charge in [-0.15, -0.1) is 6.58 Å². The maximum absolute atomic E-state index is 5.90. The molecule has 0 aliphatic carbocycles. The highest BCUT2D eigenvalue weighted by Crippen LogP contribution is 2.26. The minimum atomic E-state index is 0.271. The maximum atomic E-state index is 5.90. The summed E-state index contributed by atoms with van der Waals surface area (Å²) in [6.07, 6.45) is 5.70. The van der Waals surface area contributed by atoms with Gasteiger partial charge in [-0.05, 0) is 41.6 Å². The summed E-state index contributed by atoms with van der Waals surface area (Å²) in [5.41, 5.74) is 4.09. The number of benzene rings is 1. The minimum Gasteiger partial charge on any atom is -0.344 e. The van der Waals surface area contributed by atoms with E-state index < -0.39 is 0 Å². The Morgan fingerprint density at radius 3 is 3.00 bits per heavy atom. The molecule has 0 saturated heterocycles. The van der Waals surface area contributed by atoms with Crippen LogP contribution in [0.4, 0.5) is 0 Å². The van der Waals surface area contributed by atoms with E-state index in [0.717, 1.165) is 28.9 Å². The normalized spacial score (nSPS) is 10.9. The van der Waals surface area contributed by atoms with E-state index in [1.165, 1.54) is 5.39 Å². The van der Waals surface area contributed by atoms with Gasteiger partial charge in [-0.2, -0.15) is 0 Å². The lowest BCUT2D eigenvalue weighted by molar-refractivity contribution is 0.865. The van der Waals surface area contributed by atoms with E-state index >= 15 is 0 Å². The molecule has 2 heterocycles. The third kappa shape index (κ3) is 2.21. The van der Waals surface area contributed by atoms with Gasteiger partial charge in [0.15, 0.2) is 0 Å². The first-order chi connectivity index (χ1) is 9.69. The van der Waals surface area contributed by atoms with E-state index in [9.17, 15) is 0 Å². The first-order valence-corrected chi connectivity index (χ1v) is 6.76. The zero-order valence-electron chi connectivity index (χ0n) is 11.2. The second-order valence-corrected chi connectivity index (χ2v) is 5.04. The van der Waals surface area contributed by atoms with Crippen molar-refractivity contribution in [3.63, 3.8) is 0 Å². The zero-order valence-corrected chi connectivity index (χ0v) is 11.9. The average Bonchev–Trinajstić information content (AvgIpc) is 2.84. The second-order valence-electron chi connectivity index (χ2n) is 4.70. The summed E-state index contributed by atoms with van der Waals surface area (Å²) in [5.74, 6) is 0. The van der Waals surface area contributed by atoms with Crippen LogP contribution in [0.15, 0.2) is 49.3 Å². The van der Waals surface area contributed by atoms with Gasteiger partial charge in [-0.25, -0.2) is 9.97 Å². The van der Waals surface area contributed by atoms with E-state index in [0.29, 0.717) is 0 Å². The Labute approximate surface area is 122 Å². The third-order valence-electron chi connectivity index (χ3n) is 3.32. The number of hydrogen-bond donors (Lipinski definition) is 0. The molecule has 0 fully saturated rings. The molecule has 0 amide bonds. The molecule has 0 unspecified atom stereocenters. The molecule has 3 aromatic rings. The van der Waals surface area contributed by atoms with Gasteiger partial charge in [0.05, 0.1) is 5.69 Å². The van der Waals surface area contributed by atoms with Crippen LogP contribution in [0.1, 0.15) is 5.56 Å². The molecule has 20 heavy (non-hydrogen) atoms. The van der Waals surface area contributed by atoms with E-state index in [4.69, 9.17) is 11.6 Å². The summed E-state index contributed by atoms with van der Waals surface area (Å²) in [7, 11) is 0. The number of nitrogens with zero attached hydrogens (tertiary/aromatic N) is 3. The molecule has 0 aliphatic rings. The highest BCUT2D eigenvalue weighted by Gasteiger charge is 2.08. The smallest absolute Gasteiger partial charge is 0.222 e. The summed E-state index contributed by atoms with van der Waals surface area (Å²) >= 11 is 5.90. The van der Waals surface area contributed by atoms with Crippen LogP contribution in [-0.2, 0) is 6.54 Å². The molecule has 100 valence electrons. The van der Waals surface area contributed by atoms with Crippen LogP contribution in [-0.4, -0.2) is 14.5 Å². The standard InChI is InChI=1S/C16H14ClN3/c1-3-7-20-8-6-12-4-5-13(9-14(12)20)15-11(2)10-18-16(17)19-15/h3-6,8-10H,1,7H2,2H3. The molecule has 0 N–H and O–H groups in total. The van der Waals surface area contributed by atoms with Gasteiger partial charge in [0, 0.05) is 30.0 Å². The molecule has 0 spiro atoms. The molecule has 0 saturated carbocycles. The molecule has 1 aromatic carbocycles. The summed E-state index contributed by atoms with van der Waals surface area (Å²) in [6, 6.07) is 8.39. The number of allylic oxidation sites excluding steroid dienone is 1. The Bertz CT molecular complexity index is 790. The van der Waals surface area contributed by atoms with Crippen molar-refractivity contribution in [2.75, 3.05) is 0 Å². The highest BCUT2D eigenvalue weighted by molar-refractivity contribution is 6.28.